The van der Waals surface area contributed by atoms with E-state index in [1.54, 1.807) is 57.2 Å². The van der Waals surface area contributed by atoms with Gasteiger partial charge in [-0.15, -0.1) is 0 Å². The number of carbonyl (C=O) groups excluding carboxylic acids is 1. The summed E-state index contributed by atoms with van der Waals surface area (Å²) in [6.45, 7) is 7.75. The van der Waals surface area contributed by atoms with E-state index < -0.39 is 12.0 Å². The van der Waals surface area contributed by atoms with Gasteiger partial charge in [0.2, 0.25) is 0 Å². The molecule has 40 heavy (non-hydrogen) atoms. The van der Waals surface area contributed by atoms with Crippen molar-refractivity contribution in [2.24, 2.45) is 4.99 Å². The summed E-state index contributed by atoms with van der Waals surface area (Å²) in [7, 11) is 0. The lowest BCUT2D eigenvalue weighted by Gasteiger charge is -2.25. The minimum absolute atomic E-state index is 0.302. The van der Waals surface area contributed by atoms with Gasteiger partial charge in [-0.1, -0.05) is 46.7 Å². The van der Waals surface area contributed by atoms with Crippen LogP contribution in [0.2, 0.25) is 10.0 Å². The summed E-state index contributed by atoms with van der Waals surface area (Å²) < 4.78 is 19.1. The van der Waals surface area contributed by atoms with Gasteiger partial charge in [0.25, 0.3) is 5.56 Å². The van der Waals surface area contributed by atoms with E-state index in [1.165, 1.54) is 15.9 Å². The molecule has 1 atom stereocenters. The Morgan fingerprint density at radius 2 is 1.90 bits per heavy atom. The number of thiazole rings is 1. The number of aromatic nitrogens is 1. The van der Waals surface area contributed by atoms with E-state index in [1.807, 2.05) is 31.2 Å². The molecule has 0 bridgehead atoms. The average Bonchev–Trinajstić information content (AvgIpc) is 3.49. The van der Waals surface area contributed by atoms with Gasteiger partial charge in [-0.3, -0.25) is 9.36 Å². The molecule has 0 aliphatic carbocycles. The Kier molecular flexibility index (Phi) is 8.03. The monoisotopic (exact) mass is 596 g/mol. The SMILES string of the molecule is CCOc1ccc([C@@H]2C(C(=O)OC(C)C)=C(C)N=c3s/c(=C/c4ccc(-c5cc(Cl)ccc5Cl)o4)c(=O)n32)cc1. The molecule has 7 nitrogen and oxygen atoms in total. The maximum absolute atomic E-state index is 13.8. The molecule has 4 aromatic rings. The minimum Gasteiger partial charge on any atom is -0.494 e. The van der Waals surface area contributed by atoms with Crippen LogP contribution in [-0.4, -0.2) is 23.2 Å². The maximum atomic E-state index is 13.8. The van der Waals surface area contributed by atoms with Crippen LogP contribution >= 0.6 is 34.5 Å². The molecule has 0 saturated carbocycles. The number of rotatable bonds is 7. The highest BCUT2D eigenvalue weighted by Gasteiger charge is 2.33. The summed E-state index contributed by atoms with van der Waals surface area (Å²) in [4.78, 5) is 32.2. The van der Waals surface area contributed by atoms with E-state index in [4.69, 9.17) is 37.1 Å². The number of hydrogen-bond acceptors (Lipinski definition) is 7. The van der Waals surface area contributed by atoms with E-state index in [9.17, 15) is 9.59 Å². The molecular formula is C30H26Cl2N2O5S. The van der Waals surface area contributed by atoms with Crippen molar-refractivity contribution in [3.8, 4) is 17.1 Å². The van der Waals surface area contributed by atoms with E-state index in [0.717, 1.165) is 5.56 Å². The van der Waals surface area contributed by atoms with Gasteiger partial charge in [0.05, 0.1) is 39.6 Å². The zero-order valence-corrected chi connectivity index (χ0v) is 24.6. The molecule has 2 aromatic heterocycles. The Balaban J connectivity index is 1.62. The molecule has 3 heterocycles. The van der Waals surface area contributed by atoms with Crippen molar-refractivity contribution in [3.63, 3.8) is 0 Å². The lowest BCUT2D eigenvalue weighted by atomic mass is 9.96. The topological polar surface area (TPSA) is 83.0 Å². The summed E-state index contributed by atoms with van der Waals surface area (Å²) >= 11 is 13.7. The highest BCUT2D eigenvalue weighted by atomic mass is 35.5. The van der Waals surface area contributed by atoms with Gasteiger partial charge in [0.1, 0.15) is 17.3 Å². The zero-order chi connectivity index (χ0) is 28.6. The quantitative estimate of drug-likeness (QED) is 0.239. The van der Waals surface area contributed by atoms with Crippen molar-refractivity contribution >= 4 is 46.6 Å². The number of benzene rings is 2. The van der Waals surface area contributed by atoms with Crippen molar-refractivity contribution < 1.29 is 18.7 Å². The van der Waals surface area contributed by atoms with Crippen LogP contribution in [0.5, 0.6) is 5.75 Å². The smallest absolute Gasteiger partial charge is 0.338 e. The third-order valence-electron chi connectivity index (χ3n) is 6.19. The minimum atomic E-state index is -0.724. The van der Waals surface area contributed by atoms with Crippen LogP contribution in [-0.2, 0) is 9.53 Å². The lowest BCUT2D eigenvalue weighted by Crippen LogP contribution is -2.40. The van der Waals surface area contributed by atoms with Crippen molar-refractivity contribution in [1.82, 2.24) is 4.57 Å². The number of carbonyl (C=O) groups is 1. The van der Waals surface area contributed by atoms with Gasteiger partial charge in [0.15, 0.2) is 4.80 Å². The Bertz CT molecular complexity index is 1800. The normalized spacial score (nSPS) is 15.3. The number of allylic oxidation sites excluding steroid dienone is 1. The zero-order valence-electron chi connectivity index (χ0n) is 22.2. The van der Waals surface area contributed by atoms with E-state index >= 15 is 0 Å². The van der Waals surface area contributed by atoms with Crippen LogP contribution in [0.3, 0.4) is 0 Å². The molecule has 0 radical (unpaired) electrons. The number of hydrogen-bond donors (Lipinski definition) is 0. The summed E-state index contributed by atoms with van der Waals surface area (Å²) in [5, 5.41) is 1.03. The molecule has 0 N–H and O–H groups in total. The predicted molar refractivity (Wildman–Crippen MR) is 157 cm³/mol. The van der Waals surface area contributed by atoms with Gasteiger partial charge in [-0.25, -0.2) is 9.79 Å². The summed E-state index contributed by atoms with van der Waals surface area (Å²) in [5.74, 6) is 1.16. The third-order valence-corrected chi connectivity index (χ3v) is 7.73. The molecule has 206 valence electrons. The second kappa shape index (κ2) is 11.5. The Hall–Kier alpha value is -3.59. The summed E-state index contributed by atoms with van der Waals surface area (Å²) in [6, 6.07) is 15.3. The van der Waals surface area contributed by atoms with Crippen LogP contribution in [0.4, 0.5) is 0 Å². The van der Waals surface area contributed by atoms with Gasteiger partial charge < -0.3 is 13.9 Å². The average molecular weight is 598 g/mol. The molecule has 0 amide bonds. The number of ether oxygens (including phenoxy) is 2. The Morgan fingerprint density at radius 3 is 2.60 bits per heavy atom. The van der Waals surface area contributed by atoms with Crippen LogP contribution in [0.15, 0.2) is 80.1 Å². The van der Waals surface area contributed by atoms with Gasteiger partial charge in [-0.2, -0.15) is 0 Å². The van der Waals surface area contributed by atoms with E-state index in [-0.39, 0.29) is 11.7 Å². The first-order valence-corrected chi connectivity index (χ1v) is 14.2. The predicted octanol–water partition coefficient (Wildman–Crippen LogP) is 6.15. The summed E-state index contributed by atoms with van der Waals surface area (Å²) in [5.41, 5.74) is 1.89. The molecule has 2 aromatic carbocycles. The lowest BCUT2D eigenvalue weighted by molar-refractivity contribution is -0.143. The van der Waals surface area contributed by atoms with E-state index in [0.29, 0.717) is 60.1 Å². The molecule has 0 fully saturated rings. The van der Waals surface area contributed by atoms with E-state index in [2.05, 4.69) is 4.99 Å². The maximum Gasteiger partial charge on any atom is 0.338 e. The molecular weight excluding hydrogens is 571 g/mol. The van der Waals surface area contributed by atoms with Crippen LogP contribution in [0.1, 0.15) is 45.1 Å². The number of halogens is 2. The van der Waals surface area contributed by atoms with Crippen molar-refractivity contribution in [2.45, 2.75) is 39.8 Å². The first-order valence-electron chi connectivity index (χ1n) is 12.7. The molecule has 0 unspecified atom stereocenters. The van der Waals surface area contributed by atoms with Crippen molar-refractivity contribution in [3.05, 3.63) is 107 Å². The first kappa shape index (κ1) is 28.0. The third kappa shape index (κ3) is 5.52. The number of fused-ring (bicyclic) bond motifs is 1. The number of furan rings is 1. The van der Waals surface area contributed by atoms with Crippen molar-refractivity contribution in [1.29, 1.82) is 0 Å². The highest BCUT2D eigenvalue weighted by molar-refractivity contribution is 7.07. The fraction of sp³-hybridized carbons (Fsp3) is 0.233. The fourth-order valence-corrected chi connectivity index (χ4v) is 5.89. The van der Waals surface area contributed by atoms with Crippen LogP contribution in [0.25, 0.3) is 17.4 Å². The van der Waals surface area contributed by atoms with Crippen LogP contribution < -0.4 is 19.6 Å². The van der Waals surface area contributed by atoms with Gasteiger partial charge in [-0.05, 0) is 75.7 Å². The molecule has 0 spiro atoms. The van der Waals surface area contributed by atoms with Gasteiger partial charge >= 0.3 is 5.97 Å². The van der Waals surface area contributed by atoms with Crippen LogP contribution in [0, 0.1) is 0 Å². The fourth-order valence-electron chi connectivity index (χ4n) is 4.48. The summed E-state index contributed by atoms with van der Waals surface area (Å²) in [6.07, 6.45) is 1.33. The Labute approximate surface area is 244 Å². The molecule has 1 aliphatic rings. The highest BCUT2D eigenvalue weighted by Crippen LogP contribution is 2.33. The van der Waals surface area contributed by atoms with Crippen molar-refractivity contribution in [2.75, 3.05) is 6.61 Å². The molecule has 10 heteroatoms. The largest absolute Gasteiger partial charge is 0.494 e. The second-order valence-corrected chi connectivity index (χ2v) is 11.2. The second-order valence-electron chi connectivity index (χ2n) is 9.36. The first-order chi connectivity index (χ1) is 19.2. The standard InChI is InChI=1S/C30H26Cl2N2O5S/c1-5-37-20-9-6-18(7-10-20)27-26(29(36)38-16(2)3)17(4)33-30-34(27)28(35)25(40-30)15-21-11-13-24(39-21)22-14-19(31)8-12-23(22)32/h6-16,27H,5H2,1-4H3/b25-15+/t27-/m1/s1. The van der Waals surface area contributed by atoms with Gasteiger partial charge in [0, 0.05) is 16.7 Å². The Morgan fingerprint density at radius 1 is 1.15 bits per heavy atom. The molecule has 5 rings (SSSR count). The molecule has 1 aliphatic heterocycles. The number of esters is 1. The number of nitrogens with zero attached hydrogens (tertiary/aromatic N) is 2. The molecule has 0 saturated heterocycles.